The molecule has 2 aromatic rings. The second-order valence-corrected chi connectivity index (χ2v) is 5.16. The Morgan fingerprint density at radius 1 is 1.39 bits per heavy atom. The van der Waals surface area contributed by atoms with Crippen molar-refractivity contribution in [3.63, 3.8) is 0 Å². The van der Waals surface area contributed by atoms with E-state index in [1.807, 2.05) is 24.4 Å². The summed E-state index contributed by atoms with van der Waals surface area (Å²) in [7, 11) is 0. The van der Waals surface area contributed by atoms with Crippen LogP contribution in [0.3, 0.4) is 0 Å². The van der Waals surface area contributed by atoms with Crippen molar-refractivity contribution in [1.82, 2.24) is 0 Å². The molecule has 0 aliphatic rings. The van der Waals surface area contributed by atoms with E-state index in [-0.39, 0.29) is 16.8 Å². The molecule has 1 unspecified atom stereocenters. The molecular weight excluding hydrogens is 272 g/mol. The van der Waals surface area contributed by atoms with E-state index >= 15 is 0 Å². The first-order valence-electron chi connectivity index (χ1n) is 5.32. The number of nitro groups is 1. The Balaban J connectivity index is 2.29. The van der Waals surface area contributed by atoms with Crippen molar-refractivity contribution in [1.29, 1.82) is 0 Å². The molecule has 0 aliphatic heterocycles. The standard InChI is InChI=1S/C12H11ClN2O2S/c1-8(11-6-3-7-18-11)14-10-5-2-4-9(13)12(10)15(16)17/h2-8,14H,1H3. The molecule has 4 nitrogen and oxygen atoms in total. The van der Waals surface area contributed by atoms with Crippen molar-refractivity contribution in [3.05, 3.63) is 55.7 Å². The van der Waals surface area contributed by atoms with Crippen LogP contribution in [-0.4, -0.2) is 4.92 Å². The van der Waals surface area contributed by atoms with Gasteiger partial charge in [0.2, 0.25) is 0 Å². The minimum Gasteiger partial charge on any atom is -0.372 e. The van der Waals surface area contributed by atoms with Crippen LogP contribution in [0, 0.1) is 10.1 Å². The van der Waals surface area contributed by atoms with Crippen molar-refractivity contribution in [2.45, 2.75) is 13.0 Å². The van der Waals surface area contributed by atoms with Crippen molar-refractivity contribution in [2.75, 3.05) is 5.32 Å². The lowest BCUT2D eigenvalue weighted by molar-refractivity contribution is -0.383. The van der Waals surface area contributed by atoms with Gasteiger partial charge in [0, 0.05) is 4.88 Å². The Kier molecular flexibility index (Phi) is 3.84. The zero-order chi connectivity index (χ0) is 13.1. The van der Waals surface area contributed by atoms with Gasteiger partial charge in [0.1, 0.15) is 10.7 Å². The third-order valence-corrected chi connectivity index (χ3v) is 3.87. The summed E-state index contributed by atoms with van der Waals surface area (Å²) < 4.78 is 0. The van der Waals surface area contributed by atoms with Crippen LogP contribution in [0.1, 0.15) is 17.8 Å². The molecule has 2 rings (SSSR count). The fourth-order valence-corrected chi connectivity index (χ4v) is 2.64. The molecule has 94 valence electrons. The molecule has 1 aromatic carbocycles. The Morgan fingerprint density at radius 3 is 2.78 bits per heavy atom. The largest absolute Gasteiger partial charge is 0.372 e. The fourth-order valence-electron chi connectivity index (χ4n) is 1.66. The minimum atomic E-state index is -0.466. The molecule has 6 heteroatoms. The Labute approximate surface area is 113 Å². The minimum absolute atomic E-state index is 0.00201. The van der Waals surface area contributed by atoms with Crippen LogP contribution in [0.25, 0.3) is 0 Å². The quantitative estimate of drug-likeness (QED) is 0.664. The molecule has 1 heterocycles. The summed E-state index contributed by atoms with van der Waals surface area (Å²) in [6.45, 7) is 1.95. The highest BCUT2D eigenvalue weighted by Crippen LogP contribution is 2.34. The second-order valence-electron chi connectivity index (χ2n) is 3.77. The lowest BCUT2D eigenvalue weighted by atomic mass is 10.2. The second kappa shape index (κ2) is 5.37. The first-order valence-corrected chi connectivity index (χ1v) is 6.58. The maximum Gasteiger partial charge on any atom is 0.310 e. The van der Waals surface area contributed by atoms with Crippen LogP contribution in [-0.2, 0) is 0 Å². The number of benzene rings is 1. The van der Waals surface area contributed by atoms with E-state index in [0.29, 0.717) is 5.69 Å². The van der Waals surface area contributed by atoms with Gasteiger partial charge in [-0.3, -0.25) is 10.1 Å². The van der Waals surface area contributed by atoms with Gasteiger partial charge in [0.05, 0.1) is 11.0 Å². The normalized spacial score (nSPS) is 12.1. The smallest absolute Gasteiger partial charge is 0.310 e. The average Bonchev–Trinajstić information content (AvgIpc) is 2.81. The lowest BCUT2D eigenvalue weighted by Crippen LogP contribution is -2.07. The van der Waals surface area contributed by atoms with Crippen molar-refractivity contribution >= 4 is 34.3 Å². The summed E-state index contributed by atoms with van der Waals surface area (Å²) in [4.78, 5) is 11.6. The summed E-state index contributed by atoms with van der Waals surface area (Å²) in [6, 6.07) is 8.80. The van der Waals surface area contributed by atoms with Gasteiger partial charge >= 0.3 is 5.69 Å². The number of hydrogen-bond donors (Lipinski definition) is 1. The van der Waals surface area contributed by atoms with Gasteiger partial charge in [-0.05, 0) is 30.5 Å². The van der Waals surface area contributed by atoms with Crippen LogP contribution >= 0.6 is 22.9 Å². The van der Waals surface area contributed by atoms with Gasteiger partial charge < -0.3 is 5.32 Å². The van der Waals surface area contributed by atoms with Gasteiger partial charge in [0.25, 0.3) is 0 Å². The first kappa shape index (κ1) is 12.9. The lowest BCUT2D eigenvalue weighted by Gasteiger charge is -2.14. The van der Waals surface area contributed by atoms with Gasteiger partial charge in [-0.25, -0.2) is 0 Å². The molecule has 0 amide bonds. The van der Waals surface area contributed by atoms with E-state index in [1.165, 1.54) is 6.07 Å². The predicted molar refractivity (Wildman–Crippen MR) is 74.5 cm³/mol. The maximum absolute atomic E-state index is 11.0. The number of anilines is 1. The number of nitrogens with zero attached hydrogens (tertiary/aromatic N) is 1. The molecule has 0 aliphatic carbocycles. The molecule has 0 saturated heterocycles. The molecule has 1 atom stereocenters. The SMILES string of the molecule is CC(Nc1cccc(Cl)c1[N+](=O)[O-])c1cccs1. The highest BCUT2D eigenvalue weighted by Gasteiger charge is 2.20. The van der Waals surface area contributed by atoms with Crippen molar-refractivity contribution in [2.24, 2.45) is 0 Å². The van der Waals surface area contributed by atoms with E-state index < -0.39 is 4.92 Å². The summed E-state index contributed by atoms with van der Waals surface area (Å²) in [6.07, 6.45) is 0. The number of para-hydroxylation sites is 1. The van der Waals surface area contributed by atoms with Crippen LogP contribution in [0.2, 0.25) is 5.02 Å². The highest BCUT2D eigenvalue weighted by atomic mass is 35.5. The zero-order valence-corrected chi connectivity index (χ0v) is 11.2. The third kappa shape index (κ3) is 2.63. The first-order chi connectivity index (χ1) is 8.59. The number of hydrogen-bond acceptors (Lipinski definition) is 4. The summed E-state index contributed by atoms with van der Waals surface area (Å²) in [5.74, 6) is 0. The van der Waals surface area contributed by atoms with Crippen LogP contribution in [0.15, 0.2) is 35.7 Å². The summed E-state index contributed by atoms with van der Waals surface area (Å²) in [5, 5.41) is 16.2. The number of halogens is 1. The highest BCUT2D eigenvalue weighted by molar-refractivity contribution is 7.10. The van der Waals surface area contributed by atoms with E-state index in [0.717, 1.165) is 4.88 Å². The molecule has 0 radical (unpaired) electrons. The van der Waals surface area contributed by atoms with Gasteiger partial charge in [-0.2, -0.15) is 0 Å². The summed E-state index contributed by atoms with van der Waals surface area (Å²) >= 11 is 7.46. The molecule has 1 N–H and O–H groups in total. The molecule has 1 aromatic heterocycles. The Morgan fingerprint density at radius 2 is 2.17 bits per heavy atom. The van der Waals surface area contributed by atoms with Crippen molar-refractivity contribution < 1.29 is 4.92 Å². The number of nitro benzene ring substituents is 1. The van der Waals surface area contributed by atoms with Crippen LogP contribution in [0.4, 0.5) is 11.4 Å². The van der Waals surface area contributed by atoms with E-state index in [2.05, 4.69) is 5.32 Å². The monoisotopic (exact) mass is 282 g/mol. The van der Waals surface area contributed by atoms with Crippen molar-refractivity contribution in [3.8, 4) is 0 Å². The Hall–Kier alpha value is -1.59. The van der Waals surface area contributed by atoms with Gasteiger partial charge in [-0.15, -0.1) is 11.3 Å². The topological polar surface area (TPSA) is 55.2 Å². The van der Waals surface area contributed by atoms with E-state index in [1.54, 1.807) is 23.5 Å². The number of rotatable bonds is 4. The molecular formula is C12H11ClN2O2S. The van der Waals surface area contributed by atoms with Crippen LogP contribution in [0.5, 0.6) is 0 Å². The predicted octanol–water partition coefficient (Wildman–Crippen LogP) is 4.48. The van der Waals surface area contributed by atoms with E-state index in [9.17, 15) is 10.1 Å². The fraction of sp³-hybridized carbons (Fsp3) is 0.167. The Bertz CT molecular complexity index is 557. The van der Waals surface area contributed by atoms with Crippen LogP contribution < -0.4 is 5.32 Å². The van der Waals surface area contributed by atoms with E-state index in [4.69, 9.17) is 11.6 Å². The molecule has 0 spiro atoms. The number of nitrogens with one attached hydrogen (secondary N) is 1. The third-order valence-electron chi connectivity index (χ3n) is 2.51. The maximum atomic E-state index is 11.0. The number of thiophene rings is 1. The summed E-state index contributed by atoms with van der Waals surface area (Å²) in [5.41, 5.74) is 0.357. The van der Waals surface area contributed by atoms with Gasteiger partial charge in [-0.1, -0.05) is 23.7 Å². The van der Waals surface area contributed by atoms with Gasteiger partial charge in [0.15, 0.2) is 0 Å². The molecule has 0 saturated carbocycles. The average molecular weight is 283 g/mol. The molecule has 18 heavy (non-hydrogen) atoms. The molecule has 0 bridgehead atoms. The zero-order valence-electron chi connectivity index (χ0n) is 9.59. The molecule has 0 fully saturated rings.